The Hall–Kier alpha value is -3.38. The lowest BCUT2D eigenvalue weighted by Gasteiger charge is -2.23. The molecule has 0 fully saturated rings. The molecule has 2 aromatic rings. The smallest absolute Gasteiger partial charge is 0.0579 e. The Labute approximate surface area is 166 Å². The van der Waals surface area contributed by atoms with Gasteiger partial charge in [-0.2, -0.15) is 0 Å². The van der Waals surface area contributed by atoms with E-state index in [-0.39, 0.29) is 0 Å². The third kappa shape index (κ3) is 4.47. The summed E-state index contributed by atoms with van der Waals surface area (Å²) in [4.78, 5) is 8.21. The molecule has 0 amide bonds. The number of benzene rings is 2. The maximum atomic E-state index is 6.69. The van der Waals surface area contributed by atoms with Crippen LogP contribution in [0.15, 0.2) is 64.7 Å². The van der Waals surface area contributed by atoms with Crippen molar-refractivity contribution in [2.24, 2.45) is 15.7 Å². The van der Waals surface area contributed by atoms with Gasteiger partial charge in [-0.15, -0.1) is 0 Å². The molecule has 0 aromatic heterocycles. The molecule has 0 aliphatic rings. The average molecular weight is 377 g/mol. The van der Waals surface area contributed by atoms with E-state index in [1.165, 1.54) is 0 Å². The first-order valence-corrected chi connectivity index (χ1v) is 8.91. The van der Waals surface area contributed by atoms with Crippen molar-refractivity contribution < 1.29 is 0 Å². The highest BCUT2D eigenvalue weighted by atomic mass is 14.9. The lowest BCUT2D eigenvalue weighted by atomic mass is 9.91. The van der Waals surface area contributed by atoms with Gasteiger partial charge in [-0.05, 0) is 41.8 Å². The Morgan fingerprint density at radius 3 is 2.46 bits per heavy atom. The predicted molar refractivity (Wildman–Crippen MR) is 122 cm³/mol. The Kier molecular flexibility index (Phi) is 7.12. The number of allylic oxidation sites excluding steroid dienone is 3. The van der Waals surface area contributed by atoms with Crippen LogP contribution >= 0.6 is 0 Å². The predicted octanol–water partition coefficient (Wildman–Crippen LogP) is 3.44. The van der Waals surface area contributed by atoms with Crippen LogP contribution in [0.1, 0.15) is 28.3 Å². The molecule has 7 N–H and O–H groups in total. The minimum Gasteiger partial charge on any atom is -0.398 e. The number of nitrogens with two attached hydrogens (primary N) is 3. The fourth-order valence-electron chi connectivity index (χ4n) is 3.02. The summed E-state index contributed by atoms with van der Waals surface area (Å²) in [5, 5.41) is 3.39. The van der Waals surface area contributed by atoms with Gasteiger partial charge in [0.2, 0.25) is 0 Å². The van der Waals surface area contributed by atoms with Crippen LogP contribution in [0.5, 0.6) is 0 Å². The van der Waals surface area contributed by atoms with Crippen molar-refractivity contribution in [1.82, 2.24) is 0 Å². The van der Waals surface area contributed by atoms with Crippen molar-refractivity contribution >= 4 is 29.5 Å². The minimum absolute atomic E-state index is 0.429. The van der Waals surface area contributed by atoms with Gasteiger partial charge in [-0.3, -0.25) is 9.98 Å². The van der Waals surface area contributed by atoms with Gasteiger partial charge in [0, 0.05) is 49.2 Å². The van der Waals surface area contributed by atoms with E-state index in [9.17, 15) is 0 Å². The van der Waals surface area contributed by atoms with Crippen molar-refractivity contribution in [2.75, 3.05) is 30.9 Å². The van der Waals surface area contributed by atoms with Crippen LogP contribution in [0.4, 0.5) is 17.1 Å². The number of aliphatic imine (C=N–C) groups is 2. The van der Waals surface area contributed by atoms with Crippen molar-refractivity contribution in [1.29, 1.82) is 0 Å². The Morgan fingerprint density at radius 2 is 1.82 bits per heavy atom. The summed E-state index contributed by atoms with van der Waals surface area (Å²) in [7, 11) is 3.42. The SMILES string of the molecule is C=C/C=C(\C=NC)Nc1c(C(N)c2cccc(N)c2C=NC)ccc(N)c1C. The quantitative estimate of drug-likeness (QED) is 0.336. The van der Waals surface area contributed by atoms with E-state index in [1.807, 2.05) is 43.3 Å². The highest BCUT2D eigenvalue weighted by Crippen LogP contribution is 2.35. The largest absolute Gasteiger partial charge is 0.398 e. The number of nitrogen functional groups attached to an aromatic ring is 2. The van der Waals surface area contributed by atoms with Crippen molar-refractivity contribution in [3.63, 3.8) is 0 Å². The molecule has 0 bridgehead atoms. The normalized spacial score (nSPS) is 13.2. The number of hydrogen-bond acceptors (Lipinski definition) is 6. The molecular formula is C22H28N6. The summed E-state index contributed by atoms with van der Waals surface area (Å²) < 4.78 is 0. The zero-order chi connectivity index (χ0) is 20.7. The molecule has 0 aliphatic carbocycles. The first-order valence-electron chi connectivity index (χ1n) is 8.91. The van der Waals surface area contributed by atoms with Crippen molar-refractivity contribution in [2.45, 2.75) is 13.0 Å². The van der Waals surface area contributed by atoms with E-state index >= 15 is 0 Å². The minimum atomic E-state index is -0.429. The molecule has 6 nitrogen and oxygen atoms in total. The van der Waals surface area contributed by atoms with Crippen LogP contribution in [-0.2, 0) is 0 Å². The van der Waals surface area contributed by atoms with E-state index in [0.717, 1.165) is 33.6 Å². The molecule has 2 rings (SSSR count). The molecule has 0 radical (unpaired) electrons. The second-order valence-electron chi connectivity index (χ2n) is 6.33. The lowest BCUT2D eigenvalue weighted by Crippen LogP contribution is -2.18. The fraction of sp³-hybridized carbons (Fsp3) is 0.182. The monoisotopic (exact) mass is 376 g/mol. The van der Waals surface area contributed by atoms with E-state index < -0.39 is 6.04 Å². The number of nitrogens with zero attached hydrogens (tertiary/aromatic N) is 2. The molecule has 0 saturated heterocycles. The molecule has 0 aliphatic heterocycles. The summed E-state index contributed by atoms with van der Waals surface area (Å²) >= 11 is 0. The Balaban J connectivity index is 2.64. The molecule has 0 heterocycles. The van der Waals surface area contributed by atoms with E-state index in [0.29, 0.717) is 11.4 Å². The Morgan fingerprint density at radius 1 is 1.07 bits per heavy atom. The van der Waals surface area contributed by atoms with Gasteiger partial charge in [0.1, 0.15) is 0 Å². The number of nitrogens with one attached hydrogen (secondary N) is 1. The second-order valence-corrected chi connectivity index (χ2v) is 6.33. The molecule has 6 heteroatoms. The highest BCUT2D eigenvalue weighted by molar-refractivity contribution is 5.90. The van der Waals surface area contributed by atoms with Crippen LogP contribution in [0.25, 0.3) is 0 Å². The number of rotatable bonds is 7. The van der Waals surface area contributed by atoms with Crippen LogP contribution in [-0.4, -0.2) is 26.5 Å². The van der Waals surface area contributed by atoms with Crippen molar-refractivity contribution in [3.05, 3.63) is 77.0 Å². The van der Waals surface area contributed by atoms with Crippen LogP contribution in [0, 0.1) is 6.92 Å². The number of hydrogen-bond donors (Lipinski definition) is 4. The van der Waals surface area contributed by atoms with Gasteiger partial charge in [0.05, 0.1) is 11.7 Å². The van der Waals surface area contributed by atoms with Gasteiger partial charge < -0.3 is 22.5 Å². The third-order valence-electron chi connectivity index (χ3n) is 4.48. The van der Waals surface area contributed by atoms with Crippen molar-refractivity contribution in [3.8, 4) is 0 Å². The topological polar surface area (TPSA) is 115 Å². The molecule has 0 saturated carbocycles. The molecule has 1 atom stereocenters. The maximum Gasteiger partial charge on any atom is 0.0579 e. The average Bonchev–Trinajstić information content (AvgIpc) is 2.67. The summed E-state index contributed by atoms with van der Waals surface area (Å²) in [6.45, 7) is 5.71. The maximum absolute atomic E-state index is 6.69. The highest BCUT2D eigenvalue weighted by Gasteiger charge is 2.20. The molecular weight excluding hydrogens is 348 g/mol. The molecule has 0 spiro atoms. The zero-order valence-corrected chi connectivity index (χ0v) is 16.6. The molecule has 1 unspecified atom stereocenters. The standard InChI is InChI=1S/C22H28N6/c1-5-7-15(12-26-3)28-22-14(2)19(23)11-10-17(22)21(25)16-8-6-9-20(24)18(16)13-27-4/h5-13,21,28H,1,23-25H2,2-4H3/b15-7+,26-12?,27-13?. The zero-order valence-electron chi connectivity index (χ0n) is 16.6. The second kappa shape index (κ2) is 9.53. The third-order valence-corrected chi connectivity index (χ3v) is 4.48. The Bertz CT molecular complexity index is 940. The summed E-state index contributed by atoms with van der Waals surface area (Å²) in [5.74, 6) is 0. The summed E-state index contributed by atoms with van der Waals surface area (Å²) in [6.07, 6.45) is 6.98. The van der Waals surface area contributed by atoms with Gasteiger partial charge in [-0.25, -0.2) is 0 Å². The van der Waals surface area contributed by atoms with Crippen LogP contribution < -0.4 is 22.5 Å². The molecule has 2 aromatic carbocycles. The van der Waals surface area contributed by atoms with E-state index in [2.05, 4.69) is 21.9 Å². The summed E-state index contributed by atoms with van der Waals surface area (Å²) in [6, 6.07) is 9.05. The molecule has 28 heavy (non-hydrogen) atoms. The number of anilines is 3. The lowest BCUT2D eigenvalue weighted by molar-refractivity contribution is 0.871. The molecule has 146 valence electrons. The van der Waals surface area contributed by atoms with E-state index in [1.54, 1.807) is 32.6 Å². The van der Waals surface area contributed by atoms with Gasteiger partial charge in [-0.1, -0.05) is 30.9 Å². The fourth-order valence-corrected chi connectivity index (χ4v) is 3.02. The first kappa shape index (κ1) is 20.9. The summed E-state index contributed by atoms with van der Waals surface area (Å²) in [5.41, 5.74) is 25.4. The first-order chi connectivity index (χ1) is 13.4. The van der Waals surface area contributed by atoms with Gasteiger partial charge >= 0.3 is 0 Å². The van der Waals surface area contributed by atoms with Gasteiger partial charge in [0.25, 0.3) is 0 Å². The van der Waals surface area contributed by atoms with Crippen LogP contribution in [0.2, 0.25) is 0 Å². The van der Waals surface area contributed by atoms with Crippen LogP contribution in [0.3, 0.4) is 0 Å². The van der Waals surface area contributed by atoms with E-state index in [4.69, 9.17) is 17.2 Å². The van der Waals surface area contributed by atoms with Gasteiger partial charge in [0.15, 0.2) is 0 Å².